The predicted molar refractivity (Wildman–Crippen MR) is 75.5 cm³/mol. The Morgan fingerprint density at radius 2 is 2.21 bits per heavy atom. The minimum absolute atomic E-state index is 0.332. The molecule has 3 rings (SSSR count). The van der Waals surface area contributed by atoms with Crippen molar-refractivity contribution >= 4 is 22.9 Å². The fraction of sp³-hybridized carbons (Fsp3) is 0.0769. The first-order chi connectivity index (χ1) is 9.31. The maximum absolute atomic E-state index is 5.88. The fourth-order valence-electron chi connectivity index (χ4n) is 1.58. The molecule has 0 radical (unpaired) electrons. The molecule has 19 heavy (non-hydrogen) atoms. The van der Waals surface area contributed by atoms with E-state index in [0.29, 0.717) is 29.0 Å². The third kappa shape index (κ3) is 2.94. The normalized spacial score (nSPS) is 10.6. The quantitative estimate of drug-likeness (QED) is 0.796. The van der Waals surface area contributed by atoms with Crippen LogP contribution in [0.2, 0.25) is 5.02 Å². The first-order valence-electron chi connectivity index (χ1n) is 5.65. The molecule has 1 N–H and O–H groups in total. The van der Waals surface area contributed by atoms with E-state index in [1.807, 2.05) is 29.6 Å². The van der Waals surface area contributed by atoms with Crippen molar-refractivity contribution in [1.82, 2.24) is 15.2 Å². The van der Waals surface area contributed by atoms with Crippen molar-refractivity contribution in [1.29, 1.82) is 0 Å². The Balaban J connectivity index is 1.68. The number of benzene rings is 1. The molecule has 4 nitrogen and oxygen atoms in total. The van der Waals surface area contributed by atoms with Gasteiger partial charge in [0.2, 0.25) is 0 Å². The molecule has 0 unspecified atom stereocenters. The number of nitrogens with zero attached hydrogens (tertiary/aromatic N) is 2. The molecule has 0 fully saturated rings. The summed E-state index contributed by atoms with van der Waals surface area (Å²) in [5, 5.41) is 9.66. The summed E-state index contributed by atoms with van der Waals surface area (Å²) in [5.41, 5.74) is 0. The molecule has 0 saturated heterocycles. The van der Waals surface area contributed by atoms with Gasteiger partial charge in [-0.2, -0.15) is 5.10 Å². The van der Waals surface area contributed by atoms with Crippen molar-refractivity contribution in [3.63, 3.8) is 0 Å². The maximum atomic E-state index is 5.88. The van der Waals surface area contributed by atoms with Gasteiger partial charge in [-0.3, -0.25) is 5.10 Å². The summed E-state index contributed by atoms with van der Waals surface area (Å²) in [6, 6.07) is 11.2. The van der Waals surface area contributed by atoms with Crippen molar-refractivity contribution < 1.29 is 4.74 Å². The average molecular weight is 292 g/mol. The first kappa shape index (κ1) is 12.2. The molecule has 0 amide bonds. The summed E-state index contributed by atoms with van der Waals surface area (Å²) in [5.74, 6) is 2.09. The second-order valence-electron chi connectivity index (χ2n) is 3.83. The van der Waals surface area contributed by atoms with Crippen LogP contribution in [0.4, 0.5) is 0 Å². The summed E-state index contributed by atoms with van der Waals surface area (Å²) in [7, 11) is 0. The molecular formula is C13H10ClN3OS. The van der Waals surface area contributed by atoms with E-state index in [1.165, 1.54) is 0 Å². The number of aromatic amines is 1. The lowest BCUT2D eigenvalue weighted by molar-refractivity contribution is 0.296. The fourth-order valence-corrected chi connectivity index (χ4v) is 2.42. The summed E-state index contributed by atoms with van der Waals surface area (Å²) >= 11 is 7.49. The zero-order valence-electron chi connectivity index (χ0n) is 9.84. The van der Waals surface area contributed by atoms with Gasteiger partial charge in [0.05, 0.1) is 4.88 Å². The van der Waals surface area contributed by atoms with Gasteiger partial charge in [-0.05, 0) is 29.6 Å². The molecule has 3 aromatic rings. The van der Waals surface area contributed by atoms with Crippen molar-refractivity contribution in [2.24, 2.45) is 0 Å². The second kappa shape index (κ2) is 5.42. The van der Waals surface area contributed by atoms with Gasteiger partial charge in [-0.15, -0.1) is 11.3 Å². The number of halogens is 1. The SMILES string of the molecule is Clc1cccc(OCc2nc(-c3cccs3)n[nH]2)c1. The zero-order chi connectivity index (χ0) is 13.1. The van der Waals surface area contributed by atoms with E-state index in [0.717, 1.165) is 4.88 Å². The highest BCUT2D eigenvalue weighted by Crippen LogP contribution is 2.21. The van der Waals surface area contributed by atoms with Crippen LogP contribution in [0.3, 0.4) is 0 Å². The van der Waals surface area contributed by atoms with E-state index in [1.54, 1.807) is 23.5 Å². The topological polar surface area (TPSA) is 50.8 Å². The Bertz CT molecular complexity index is 666. The van der Waals surface area contributed by atoms with Gasteiger partial charge in [0, 0.05) is 5.02 Å². The molecule has 96 valence electrons. The Morgan fingerprint density at radius 3 is 3.00 bits per heavy atom. The van der Waals surface area contributed by atoms with Gasteiger partial charge >= 0.3 is 0 Å². The third-order valence-electron chi connectivity index (χ3n) is 2.44. The molecule has 1 aromatic carbocycles. The smallest absolute Gasteiger partial charge is 0.191 e. The molecule has 0 aliphatic heterocycles. The van der Waals surface area contributed by atoms with Gasteiger partial charge < -0.3 is 4.74 Å². The third-order valence-corrected chi connectivity index (χ3v) is 3.55. The highest BCUT2D eigenvalue weighted by molar-refractivity contribution is 7.13. The standard InChI is InChI=1S/C13H10ClN3OS/c14-9-3-1-4-10(7-9)18-8-12-15-13(17-16-12)11-5-2-6-19-11/h1-7H,8H2,(H,15,16,17). The van der Waals surface area contributed by atoms with E-state index >= 15 is 0 Å². The lowest BCUT2D eigenvalue weighted by Gasteiger charge is -2.03. The number of H-pyrrole nitrogens is 1. The van der Waals surface area contributed by atoms with Gasteiger partial charge in [-0.25, -0.2) is 4.98 Å². The number of rotatable bonds is 4. The van der Waals surface area contributed by atoms with Gasteiger partial charge in [0.25, 0.3) is 0 Å². The number of hydrogen-bond donors (Lipinski definition) is 1. The van der Waals surface area contributed by atoms with E-state index in [-0.39, 0.29) is 0 Å². The molecule has 0 aliphatic carbocycles. The second-order valence-corrected chi connectivity index (χ2v) is 5.21. The van der Waals surface area contributed by atoms with Crippen LogP contribution < -0.4 is 4.74 Å². The lowest BCUT2D eigenvalue weighted by atomic mass is 10.3. The molecular weight excluding hydrogens is 282 g/mol. The van der Waals surface area contributed by atoms with Crippen molar-refractivity contribution in [2.75, 3.05) is 0 Å². The van der Waals surface area contributed by atoms with Crippen LogP contribution >= 0.6 is 22.9 Å². The van der Waals surface area contributed by atoms with Crippen molar-refractivity contribution in [3.8, 4) is 16.5 Å². The predicted octanol–water partition coefficient (Wildman–Crippen LogP) is 3.77. The summed E-state index contributed by atoms with van der Waals surface area (Å²) < 4.78 is 5.59. The Kier molecular flexibility index (Phi) is 3.48. The van der Waals surface area contributed by atoms with Crippen LogP contribution in [0.1, 0.15) is 5.82 Å². The highest BCUT2D eigenvalue weighted by Gasteiger charge is 2.07. The van der Waals surface area contributed by atoms with Gasteiger partial charge in [0.15, 0.2) is 11.6 Å². The zero-order valence-corrected chi connectivity index (χ0v) is 11.4. The number of ether oxygens (including phenoxy) is 1. The number of aromatic nitrogens is 3. The highest BCUT2D eigenvalue weighted by atomic mass is 35.5. The summed E-state index contributed by atoms with van der Waals surface area (Å²) in [4.78, 5) is 5.41. The average Bonchev–Trinajstić information content (AvgIpc) is 3.07. The number of nitrogens with one attached hydrogen (secondary N) is 1. The first-order valence-corrected chi connectivity index (χ1v) is 6.90. The lowest BCUT2D eigenvalue weighted by Crippen LogP contribution is -1.97. The van der Waals surface area contributed by atoms with Crippen LogP contribution in [-0.4, -0.2) is 15.2 Å². The van der Waals surface area contributed by atoms with Gasteiger partial charge in [-0.1, -0.05) is 23.7 Å². The Labute approximate surface area is 119 Å². The Morgan fingerprint density at radius 1 is 1.26 bits per heavy atom. The molecule has 6 heteroatoms. The maximum Gasteiger partial charge on any atom is 0.191 e. The minimum atomic E-state index is 0.332. The minimum Gasteiger partial charge on any atom is -0.486 e. The van der Waals surface area contributed by atoms with Gasteiger partial charge in [0.1, 0.15) is 12.4 Å². The van der Waals surface area contributed by atoms with Crippen LogP contribution in [0, 0.1) is 0 Å². The monoisotopic (exact) mass is 291 g/mol. The molecule has 0 bridgehead atoms. The number of thiophene rings is 1. The van der Waals surface area contributed by atoms with E-state index in [2.05, 4.69) is 15.2 Å². The van der Waals surface area contributed by atoms with Crippen molar-refractivity contribution in [3.05, 3.63) is 52.6 Å². The van der Waals surface area contributed by atoms with Crippen molar-refractivity contribution in [2.45, 2.75) is 6.61 Å². The summed E-state index contributed by atoms with van der Waals surface area (Å²) in [6.07, 6.45) is 0. The molecule has 0 spiro atoms. The molecule has 2 aromatic heterocycles. The van der Waals surface area contributed by atoms with Crippen LogP contribution in [-0.2, 0) is 6.61 Å². The van der Waals surface area contributed by atoms with E-state index in [9.17, 15) is 0 Å². The van der Waals surface area contributed by atoms with Crippen LogP contribution in [0.25, 0.3) is 10.7 Å². The van der Waals surface area contributed by atoms with E-state index in [4.69, 9.17) is 16.3 Å². The largest absolute Gasteiger partial charge is 0.486 e. The molecule has 0 atom stereocenters. The molecule has 0 saturated carbocycles. The van der Waals surface area contributed by atoms with Crippen LogP contribution in [0.15, 0.2) is 41.8 Å². The Hall–Kier alpha value is -1.85. The van der Waals surface area contributed by atoms with E-state index < -0.39 is 0 Å². The molecule has 0 aliphatic rings. The molecule has 2 heterocycles. The summed E-state index contributed by atoms with van der Waals surface area (Å²) in [6.45, 7) is 0.332. The number of hydrogen-bond acceptors (Lipinski definition) is 4. The van der Waals surface area contributed by atoms with Crippen LogP contribution in [0.5, 0.6) is 5.75 Å².